The number of ether oxygens (including phenoxy) is 1. The quantitative estimate of drug-likeness (QED) is 0.834. The Morgan fingerprint density at radius 2 is 2.00 bits per heavy atom. The Morgan fingerprint density at radius 3 is 2.71 bits per heavy atom. The molecule has 1 aromatic carbocycles. The Kier molecular flexibility index (Phi) is 7.14. The van der Waals surface area contributed by atoms with Gasteiger partial charge < -0.3 is 15.0 Å². The fourth-order valence-corrected chi connectivity index (χ4v) is 3.53. The van der Waals surface area contributed by atoms with Crippen molar-refractivity contribution < 1.29 is 14.3 Å². The van der Waals surface area contributed by atoms with Crippen LogP contribution in [-0.4, -0.2) is 54.0 Å². The SMILES string of the molecule is COC1CCCN(C(=O)C(Cc2ccccc2)NC(=O)c2cccnc2)CC1. The number of carbonyl (C=O) groups excluding carboxylic acids is 2. The lowest BCUT2D eigenvalue weighted by atomic mass is 10.0. The first-order valence-electron chi connectivity index (χ1n) is 9.74. The summed E-state index contributed by atoms with van der Waals surface area (Å²) in [4.78, 5) is 31.8. The molecule has 0 spiro atoms. The van der Waals surface area contributed by atoms with Crippen molar-refractivity contribution in [2.24, 2.45) is 0 Å². The molecule has 28 heavy (non-hydrogen) atoms. The first kappa shape index (κ1) is 20.0. The molecule has 3 rings (SSSR count). The number of nitrogens with one attached hydrogen (secondary N) is 1. The fraction of sp³-hybridized carbons (Fsp3) is 0.409. The van der Waals surface area contributed by atoms with Gasteiger partial charge in [0.2, 0.25) is 5.91 Å². The largest absolute Gasteiger partial charge is 0.381 e. The van der Waals surface area contributed by atoms with Crippen molar-refractivity contribution >= 4 is 11.8 Å². The average molecular weight is 381 g/mol. The molecule has 2 heterocycles. The highest BCUT2D eigenvalue weighted by Gasteiger charge is 2.28. The molecule has 1 aliphatic rings. The highest BCUT2D eigenvalue weighted by molar-refractivity contribution is 5.97. The van der Waals surface area contributed by atoms with E-state index in [1.54, 1.807) is 25.4 Å². The molecule has 1 aliphatic heterocycles. The summed E-state index contributed by atoms with van der Waals surface area (Å²) in [6.07, 6.45) is 6.44. The van der Waals surface area contributed by atoms with E-state index in [2.05, 4.69) is 10.3 Å². The molecule has 2 amide bonds. The van der Waals surface area contributed by atoms with E-state index in [4.69, 9.17) is 4.74 Å². The summed E-state index contributed by atoms with van der Waals surface area (Å²) in [6.45, 7) is 1.33. The molecule has 1 fully saturated rings. The minimum Gasteiger partial charge on any atom is -0.381 e. The number of rotatable bonds is 6. The molecule has 1 saturated heterocycles. The van der Waals surface area contributed by atoms with Gasteiger partial charge in [0.05, 0.1) is 11.7 Å². The van der Waals surface area contributed by atoms with E-state index in [9.17, 15) is 9.59 Å². The summed E-state index contributed by atoms with van der Waals surface area (Å²) in [5.74, 6) is -0.329. The number of likely N-dealkylation sites (tertiary alicyclic amines) is 1. The summed E-state index contributed by atoms with van der Waals surface area (Å²) in [5.41, 5.74) is 1.46. The number of hydrogen-bond acceptors (Lipinski definition) is 4. The first-order chi connectivity index (χ1) is 13.7. The molecular weight excluding hydrogens is 354 g/mol. The van der Waals surface area contributed by atoms with E-state index < -0.39 is 6.04 Å². The van der Waals surface area contributed by atoms with Crippen LogP contribution in [-0.2, 0) is 16.0 Å². The third kappa shape index (κ3) is 5.39. The molecule has 1 N–H and O–H groups in total. The number of hydrogen-bond donors (Lipinski definition) is 1. The van der Waals surface area contributed by atoms with Gasteiger partial charge in [0.1, 0.15) is 6.04 Å². The van der Waals surface area contributed by atoms with Crippen LogP contribution < -0.4 is 5.32 Å². The van der Waals surface area contributed by atoms with E-state index >= 15 is 0 Å². The molecule has 2 aromatic rings. The van der Waals surface area contributed by atoms with E-state index in [0.29, 0.717) is 25.1 Å². The topological polar surface area (TPSA) is 71.5 Å². The zero-order valence-electron chi connectivity index (χ0n) is 16.2. The molecule has 0 radical (unpaired) electrons. The van der Waals surface area contributed by atoms with Crippen molar-refractivity contribution in [3.05, 3.63) is 66.0 Å². The summed E-state index contributed by atoms with van der Waals surface area (Å²) < 4.78 is 5.46. The maximum absolute atomic E-state index is 13.3. The average Bonchev–Trinajstić information content (AvgIpc) is 3.00. The van der Waals surface area contributed by atoms with Crippen LogP contribution in [0.4, 0.5) is 0 Å². The number of nitrogens with zero attached hydrogens (tertiary/aromatic N) is 2. The normalized spacial score (nSPS) is 18.2. The minimum absolute atomic E-state index is 0.0437. The second-order valence-corrected chi connectivity index (χ2v) is 7.07. The fourth-order valence-electron chi connectivity index (χ4n) is 3.53. The molecule has 0 bridgehead atoms. The van der Waals surface area contributed by atoms with Crippen LogP contribution in [0.5, 0.6) is 0 Å². The molecule has 148 valence electrons. The molecule has 2 unspecified atom stereocenters. The molecular formula is C22H27N3O3. The Balaban J connectivity index is 1.75. The van der Waals surface area contributed by atoms with E-state index in [1.807, 2.05) is 35.2 Å². The van der Waals surface area contributed by atoms with Gasteiger partial charge in [0.25, 0.3) is 5.91 Å². The first-order valence-corrected chi connectivity index (χ1v) is 9.74. The zero-order chi connectivity index (χ0) is 19.8. The Morgan fingerprint density at radius 1 is 1.18 bits per heavy atom. The third-order valence-corrected chi connectivity index (χ3v) is 5.13. The molecule has 2 atom stereocenters. The predicted molar refractivity (Wildman–Crippen MR) is 107 cm³/mol. The maximum Gasteiger partial charge on any atom is 0.253 e. The van der Waals surface area contributed by atoms with Gasteiger partial charge in [-0.25, -0.2) is 0 Å². The van der Waals surface area contributed by atoms with Gasteiger partial charge >= 0.3 is 0 Å². The smallest absolute Gasteiger partial charge is 0.253 e. The highest BCUT2D eigenvalue weighted by Crippen LogP contribution is 2.16. The summed E-state index contributed by atoms with van der Waals surface area (Å²) in [6, 6.07) is 12.6. The maximum atomic E-state index is 13.3. The van der Waals surface area contributed by atoms with Gasteiger partial charge in [-0.15, -0.1) is 0 Å². The summed E-state index contributed by atoms with van der Waals surface area (Å²) >= 11 is 0. The minimum atomic E-state index is -0.616. The number of pyridine rings is 1. The number of aromatic nitrogens is 1. The van der Waals surface area contributed by atoms with Crippen LogP contribution >= 0.6 is 0 Å². The van der Waals surface area contributed by atoms with Crippen LogP contribution in [0, 0.1) is 0 Å². The van der Waals surface area contributed by atoms with Gasteiger partial charge in [-0.05, 0) is 37.0 Å². The van der Waals surface area contributed by atoms with Gasteiger partial charge in [0.15, 0.2) is 0 Å². The van der Waals surface area contributed by atoms with Gasteiger partial charge in [-0.2, -0.15) is 0 Å². The van der Waals surface area contributed by atoms with Crippen LogP contribution in [0.15, 0.2) is 54.9 Å². The lowest BCUT2D eigenvalue weighted by molar-refractivity contribution is -0.133. The van der Waals surface area contributed by atoms with Crippen LogP contribution in [0.1, 0.15) is 35.2 Å². The number of benzene rings is 1. The van der Waals surface area contributed by atoms with Crippen molar-refractivity contribution in [2.75, 3.05) is 20.2 Å². The summed E-state index contributed by atoms with van der Waals surface area (Å²) in [7, 11) is 1.72. The predicted octanol–water partition coefficient (Wildman–Crippen LogP) is 2.45. The van der Waals surface area contributed by atoms with E-state index in [1.165, 1.54) is 6.20 Å². The van der Waals surface area contributed by atoms with Gasteiger partial charge in [-0.1, -0.05) is 30.3 Å². The van der Waals surface area contributed by atoms with E-state index in [-0.39, 0.29) is 17.9 Å². The number of amides is 2. The second kappa shape index (κ2) is 9.99. The van der Waals surface area contributed by atoms with Crippen molar-refractivity contribution in [1.82, 2.24) is 15.2 Å². The standard InChI is InChI=1S/C22H27N3O3/c1-28-19-10-6-13-25(14-11-19)22(27)20(15-17-7-3-2-4-8-17)24-21(26)18-9-5-12-23-16-18/h2-5,7-9,12,16,19-20H,6,10-11,13-15H2,1H3,(H,24,26). The zero-order valence-corrected chi connectivity index (χ0v) is 16.2. The molecule has 1 aromatic heterocycles. The lowest BCUT2D eigenvalue weighted by Crippen LogP contribution is -2.50. The van der Waals surface area contributed by atoms with Crippen LogP contribution in [0.2, 0.25) is 0 Å². The molecule has 0 saturated carbocycles. The third-order valence-electron chi connectivity index (χ3n) is 5.13. The van der Waals surface area contributed by atoms with Gasteiger partial charge in [0, 0.05) is 39.0 Å². The number of carbonyl (C=O) groups is 2. The molecule has 6 heteroatoms. The van der Waals surface area contributed by atoms with Crippen molar-refractivity contribution in [1.29, 1.82) is 0 Å². The van der Waals surface area contributed by atoms with Gasteiger partial charge in [-0.3, -0.25) is 14.6 Å². The lowest BCUT2D eigenvalue weighted by Gasteiger charge is -2.27. The Hall–Kier alpha value is -2.73. The monoisotopic (exact) mass is 381 g/mol. The van der Waals surface area contributed by atoms with Crippen molar-refractivity contribution in [2.45, 2.75) is 37.8 Å². The Labute approximate surface area is 165 Å². The molecule has 0 aliphatic carbocycles. The van der Waals surface area contributed by atoms with Crippen molar-refractivity contribution in [3.63, 3.8) is 0 Å². The summed E-state index contributed by atoms with van der Waals surface area (Å²) in [5, 5.41) is 2.92. The molecule has 6 nitrogen and oxygen atoms in total. The Bertz CT molecular complexity index is 767. The van der Waals surface area contributed by atoms with Crippen LogP contribution in [0.3, 0.4) is 0 Å². The number of methoxy groups -OCH3 is 1. The van der Waals surface area contributed by atoms with E-state index in [0.717, 1.165) is 24.8 Å². The van der Waals surface area contributed by atoms with Crippen LogP contribution in [0.25, 0.3) is 0 Å². The highest BCUT2D eigenvalue weighted by atomic mass is 16.5. The second-order valence-electron chi connectivity index (χ2n) is 7.07. The van der Waals surface area contributed by atoms with Crippen molar-refractivity contribution in [3.8, 4) is 0 Å².